The zero-order chi connectivity index (χ0) is 8.27. The number of hydrogen-bond donors (Lipinski definition) is 2. The van der Waals surface area contributed by atoms with Gasteiger partial charge in [-0.1, -0.05) is 0 Å². The van der Waals surface area contributed by atoms with E-state index in [1.54, 1.807) is 11.3 Å². The van der Waals surface area contributed by atoms with E-state index in [9.17, 15) is 0 Å². The molecule has 0 spiro atoms. The van der Waals surface area contributed by atoms with Crippen molar-refractivity contribution in [2.75, 3.05) is 13.2 Å². The third-order valence-corrected chi connectivity index (χ3v) is 3.35. The second-order valence-corrected chi connectivity index (χ2v) is 4.14. The van der Waals surface area contributed by atoms with Crippen molar-refractivity contribution >= 4 is 27.3 Å². The Morgan fingerprint density at radius 3 is 2.82 bits per heavy atom. The molecule has 62 valence electrons. The molecule has 1 aromatic heterocycles. The molecule has 0 aromatic carbocycles. The van der Waals surface area contributed by atoms with Crippen molar-refractivity contribution < 1.29 is 5.11 Å². The SMILES string of the molecule is NCC(CO)c1cc(Br)cs1. The molecule has 1 unspecified atom stereocenters. The van der Waals surface area contributed by atoms with Gasteiger partial charge in [-0.3, -0.25) is 0 Å². The van der Waals surface area contributed by atoms with Crippen LogP contribution in [0.25, 0.3) is 0 Å². The van der Waals surface area contributed by atoms with Gasteiger partial charge in [0.1, 0.15) is 0 Å². The van der Waals surface area contributed by atoms with Crippen LogP contribution in [0.5, 0.6) is 0 Å². The second-order valence-electron chi connectivity index (χ2n) is 2.28. The van der Waals surface area contributed by atoms with Crippen LogP contribution in [0, 0.1) is 0 Å². The van der Waals surface area contributed by atoms with Crippen molar-refractivity contribution in [3.63, 3.8) is 0 Å². The molecule has 0 bridgehead atoms. The summed E-state index contributed by atoms with van der Waals surface area (Å²) in [5.41, 5.74) is 5.46. The second kappa shape index (κ2) is 4.21. The Morgan fingerprint density at radius 1 is 1.73 bits per heavy atom. The number of nitrogens with two attached hydrogens (primary N) is 1. The summed E-state index contributed by atoms with van der Waals surface area (Å²) >= 11 is 4.97. The summed E-state index contributed by atoms with van der Waals surface area (Å²) in [5.74, 6) is 0.103. The summed E-state index contributed by atoms with van der Waals surface area (Å²) in [5, 5.41) is 10.9. The normalized spacial score (nSPS) is 13.4. The van der Waals surface area contributed by atoms with Crippen molar-refractivity contribution in [2.45, 2.75) is 5.92 Å². The van der Waals surface area contributed by atoms with E-state index in [0.717, 1.165) is 9.35 Å². The molecule has 2 nitrogen and oxygen atoms in total. The summed E-state index contributed by atoms with van der Waals surface area (Å²) in [4.78, 5) is 1.14. The van der Waals surface area contributed by atoms with E-state index in [4.69, 9.17) is 10.8 Å². The van der Waals surface area contributed by atoms with Gasteiger partial charge in [0, 0.05) is 27.2 Å². The Bertz CT molecular complexity index is 222. The van der Waals surface area contributed by atoms with Gasteiger partial charge in [0.15, 0.2) is 0 Å². The Morgan fingerprint density at radius 2 is 2.45 bits per heavy atom. The van der Waals surface area contributed by atoms with Crippen molar-refractivity contribution in [1.82, 2.24) is 0 Å². The Balaban J connectivity index is 2.73. The van der Waals surface area contributed by atoms with Crippen LogP contribution in [0.2, 0.25) is 0 Å². The zero-order valence-electron chi connectivity index (χ0n) is 5.96. The van der Waals surface area contributed by atoms with E-state index >= 15 is 0 Å². The molecular formula is C7H10BrNOS. The van der Waals surface area contributed by atoms with E-state index in [1.807, 2.05) is 11.4 Å². The molecule has 1 heterocycles. The smallest absolute Gasteiger partial charge is 0.0519 e. The predicted molar refractivity (Wildman–Crippen MR) is 50.9 cm³/mol. The molecule has 0 saturated heterocycles. The lowest BCUT2D eigenvalue weighted by molar-refractivity contribution is 0.269. The highest BCUT2D eigenvalue weighted by Crippen LogP contribution is 2.25. The molecule has 1 aromatic rings. The average Bonchev–Trinajstić information content (AvgIpc) is 2.39. The van der Waals surface area contributed by atoms with Crippen molar-refractivity contribution in [3.05, 3.63) is 20.8 Å². The van der Waals surface area contributed by atoms with Crippen molar-refractivity contribution in [1.29, 1.82) is 0 Å². The molecule has 4 heteroatoms. The molecule has 1 rings (SSSR count). The predicted octanol–water partition coefficient (Wildman–Crippen LogP) is 1.55. The van der Waals surface area contributed by atoms with Gasteiger partial charge in [0.05, 0.1) is 6.61 Å². The average molecular weight is 236 g/mol. The van der Waals surface area contributed by atoms with Gasteiger partial charge in [-0.2, -0.15) is 0 Å². The third-order valence-electron chi connectivity index (χ3n) is 1.50. The summed E-state index contributed by atoms with van der Waals surface area (Å²) in [6.07, 6.45) is 0. The zero-order valence-corrected chi connectivity index (χ0v) is 8.36. The standard InChI is InChI=1S/C7H10BrNOS/c8-6-1-7(11-4-6)5(2-9)3-10/h1,4-5,10H,2-3,9H2. The molecule has 0 saturated carbocycles. The molecule has 0 aliphatic carbocycles. The van der Waals surface area contributed by atoms with Gasteiger partial charge in [-0.05, 0) is 22.0 Å². The molecule has 0 aliphatic rings. The van der Waals surface area contributed by atoms with Crippen LogP contribution >= 0.6 is 27.3 Å². The van der Waals surface area contributed by atoms with Gasteiger partial charge in [-0.25, -0.2) is 0 Å². The lowest BCUT2D eigenvalue weighted by Crippen LogP contribution is -2.14. The maximum Gasteiger partial charge on any atom is 0.0519 e. The summed E-state index contributed by atoms with van der Waals surface area (Å²) in [6, 6.07) is 2.00. The molecule has 0 aliphatic heterocycles. The Kier molecular flexibility index (Phi) is 3.51. The molecule has 0 radical (unpaired) electrons. The van der Waals surface area contributed by atoms with Gasteiger partial charge >= 0.3 is 0 Å². The summed E-state index contributed by atoms with van der Waals surface area (Å²) in [6.45, 7) is 0.632. The molecule has 0 amide bonds. The number of aliphatic hydroxyl groups excluding tert-OH is 1. The number of rotatable bonds is 3. The van der Waals surface area contributed by atoms with Crippen LogP contribution in [-0.4, -0.2) is 18.3 Å². The van der Waals surface area contributed by atoms with E-state index in [-0.39, 0.29) is 12.5 Å². The van der Waals surface area contributed by atoms with Gasteiger partial charge in [-0.15, -0.1) is 11.3 Å². The summed E-state index contributed by atoms with van der Waals surface area (Å²) in [7, 11) is 0. The first kappa shape index (κ1) is 9.19. The Labute approximate surface area is 78.2 Å². The van der Waals surface area contributed by atoms with Crippen LogP contribution in [0.4, 0.5) is 0 Å². The van der Waals surface area contributed by atoms with Gasteiger partial charge < -0.3 is 10.8 Å². The fraction of sp³-hybridized carbons (Fsp3) is 0.429. The third kappa shape index (κ3) is 2.27. The minimum absolute atomic E-state index is 0.103. The molecule has 1 atom stereocenters. The van der Waals surface area contributed by atoms with Crippen molar-refractivity contribution in [2.24, 2.45) is 5.73 Å². The minimum Gasteiger partial charge on any atom is -0.396 e. The van der Waals surface area contributed by atoms with Crippen molar-refractivity contribution in [3.8, 4) is 0 Å². The van der Waals surface area contributed by atoms with E-state index in [1.165, 1.54) is 0 Å². The largest absolute Gasteiger partial charge is 0.396 e. The van der Waals surface area contributed by atoms with E-state index in [2.05, 4.69) is 15.9 Å². The molecular weight excluding hydrogens is 226 g/mol. The highest BCUT2D eigenvalue weighted by atomic mass is 79.9. The van der Waals surface area contributed by atoms with Crippen LogP contribution in [0.15, 0.2) is 15.9 Å². The van der Waals surface area contributed by atoms with Crippen LogP contribution in [-0.2, 0) is 0 Å². The molecule has 0 fully saturated rings. The minimum atomic E-state index is 0.103. The van der Waals surface area contributed by atoms with E-state index in [0.29, 0.717) is 6.54 Å². The number of aliphatic hydroxyl groups is 1. The van der Waals surface area contributed by atoms with Gasteiger partial charge in [0.2, 0.25) is 0 Å². The van der Waals surface area contributed by atoms with Crippen LogP contribution in [0.3, 0.4) is 0 Å². The number of hydrogen-bond acceptors (Lipinski definition) is 3. The molecule has 3 N–H and O–H groups in total. The molecule has 11 heavy (non-hydrogen) atoms. The quantitative estimate of drug-likeness (QED) is 0.836. The Hall–Kier alpha value is 0.1000. The number of thiophene rings is 1. The fourth-order valence-corrected chi connectivity index (χ4v) is 2.38. The van der Waals surface area contributed by atoms with Crippen LogP contribution in [0.1, 0.15) is 10.8 Å². The topological polar surface area (TPSA) is 46.2 Å². The maximum atomic E-state index is 8.90. The number of halogens is 1. The summed E-state index contributed by atoms with van der Waals surface area (Å²) < 4.78 is 1.06. The highest BCUT2D eigenvalue weighted by Gasteiger charge is 2.09. The lowest BCUT2D eigenvalue weighted by atomic mass is 10.1. The first-order valence-corrected chi connectivity index (χ1v) is 5.00. The van der Waals surface area contributed by atoms with E-state index < -0.39 is 0 Å². The van der Waals surface area contributed by atoms with Crippen LogP contribution < -0.4 is 5.73 Å². The monoisotopic (exact) mass is 235 g/mol. The maximum absolute atomic E-state index is 8.90. The fourth-order valence-electron chi connectivity index (χ4n) is 0.823. The lowest BCUT2D eigenvalue weighted by Gasteiger charge is -2.07. The first-order valence-electron chi connectivity index (χ1n) is 3.32. The highest BCUT2D eigenvalue weighted by molar-refractivity contribution is 9.10. The van der Waals surface area contributed by atoms with Gasteiger partial charge in [0.25, 0.3) is 0 Å². The first-order chi connectivity index (χ1) is 5.27.